The number of ether oxygens (including phenoxy) is 1. The molecule has 1 aliphatic rings. The van der Waals surface area contributed by atoms with Gasteiger partial charge in [0.15, 0.2) is 0 Å². The van der Waals surface area contributed by atoms with Gasteiger partial charge < -0.3 is 10.1 Å². The van der Waals surface area contributed by atoms with Crippen molar-refractivity contribution in [2.45, 2.75) is 25.3 Å². The number of hydrogen-bond donors (Lipinski definition) is 1. The van der Waals surface area contributed by atoms with E-state index in [0.29, 0.717) is 6.04 Å². The summed E-state index contributed by atoms with van der Waals surface area (Å²) in [6, 6.07) is 5.38. The van der Waals surface area contributed by atoms with Crippen molar-refractivity contribution in [3.05, 3.63) is 29.6 Å². The first-order valence-electron chi connectivity index (χ1n) is 5.33. The summed E-state index contributed by atoms with van der Waals surface area (Å²) >= 11 is 0. The Labute approximate surface area is 89.4 Å². The van der Waals surface area contributed by atoms with Crippen LogP contribution < -0.4 is 5.32 Å². The first-order chi connectivity index (χ1) is 7.29. The fraction of sp³-hybridized carbons (Fsp3) is 0.500. The normalized spacial score (nSPS) is 19.5. The zero-order valence-corrected chi connectivity index (χ0v) is 8.92. The molecule has 1 atom stereocenters. The number of anilines is 1. The van der Waals surface area contributed by atoms with Crippen molar-refractivity contribution in [1.82, 2.24) is 0 Å². The molecule has 1 heterocycles. The highest BCUT2D eigenvalue weighted by atomic mass is 19.1. The first kappa shape index (κ1) is 10.4. The van der Waals surface area contributed by atoms with Crippen LogP contribution in [0.4, 0.5) is 10.1 Å². The highest BCUT2D eigenvalue weighted by molar-refractivity contribution is 5.54. The summed E-state index contributed by atoms with van der Waals surface area (Å²) in [6.07, 6.45) is 3.10. The molecule has 2 nitrogen and oxygen atoms in total. The molecule has 1 N–H and O–H groups in total. The summed E-state index contributed by atoms with van der Waals surface area (Å²) in [5.41, 5.74) is 2.16. The van der Waals surface area contributed by atoms with Crippen molar-refractivity contribution >= 4 is 5.69 Å². The average molecular weight is 209 g/mol. The molecule has 0 aromatic heterocycles. The first-order valence-corrected chi connectivity index (χ1v) is 5.33. The monoisotopic (exact) mass is 209 g/mol. The third-order valence-corrected chi connectivity index (χ3v) is 2.86. The molecule has 0 saturated carbocycles. The Bertz CT molecular complexity index is 340. The molecule has 2 rings (SSSR count). The van der Waals surface area contributed by atoms with Crippen LogP contribution in [0.15, 0.2) is 18.2 Å². The fourth-order valence-corrected chi connectivity index (χ4v) is 2.00. The lowest BCUT2D eigenvalue weighted by Crippen LogP contribution is -2.26. The third-order valence-electron chi connectivity index (χ3n) is 2.86. The van der Waals surface area contributed by atoms with Gasteiger partial charge in [0.25, 0.3) is 0 Å². The van der Waals surface area contributed by atoms with Gasteiger partial charge in [0.2, 0.25) is 0 Å². The van der Waals surface area contributed by atoms with Gasteiger partial charge in [-0.3, -0.25) is 0 Å². The van der Waals surface area contributed by atoms with Gasteiger partial charge in [0, 0.05) is 25.4 Å². The molecule has 0 fully saturated rings. The molecule has 0 aliphatic carbocycles. The van der Waals surface area contributed by atoms with Crippen LogP contribution in [0.5, 0.6) is 0 Å². The van der Waals surface area contributed by atoms with Gasteiger partial charge in [0.1, 0.15) is 5.82 Å². The van der Waals surface area contributed by atoms with Crippen LogP contribution in [-0.2, 0) is 11.2 Å². The van der Waals surface area contributed by atoms with E-state index >= 15 is 0 Å². The fourth-order valence-electron chi connectivity index (χ4n) is 2.00. The second-order valence-electron chi connectivity index (χ2n) is 3.96. The number of hydrogen-bond acceptors (Lipinski definition) is 2. The maximum Gasteiger partial charge on any atom is 0.125 e. The Balaban J connectivity index is 2.05. The Morgan fingerprint density at radius 3 is 3.20 bits per heavy atom. The number of nitrogens with one attached hydrogen (secondary N) is 1. The van der Waals surface area contributed by atoms with E-state index in [1.54, 1.807) is 13.2 Å². The zero-order chi connectivity index (χ0) is 10.7. The number of methoxy groups -OCH3 is 1. The maximum atomic E-state index is 13.0. The van der Waals surface area contributed by atoms with E-state index in [-0.39, 0.29) is 5.82 Å². The Hall–Kier alpha value is -1.09. The Morgan fingerprint density at radius 1 is 1.53 bits per heavy atom. The predicted octanol–water partition coefficient (Wildman–Crippen LogP) is 2.59. The van der Waals surface area contributed by atoms with E-state index in [1.165, 1.54) is 11.6 Å². The number of aryl methyl sites for hydroxylation is 1. The lowest BCUT2D eigenvalue weighted by Gasteiger charge is -2.26. The topological polar surface area (TPSA) is 21.3 Å². The lowest BCUT2D eigenvalue weighted by molar-refractivity contribution is 0.188. The molecule has 0 radical (unpaired) electrons. The SMILES string of the molecule is COCCC1CCc2ccc(F)cc2N1. The van der Waals surface area contributed by atoms with Gasteiger partial charge in [-0.25, -0.2) is 4.39 Å². The number of rotatable bonds is 3. The highest BCUT2D eigenvalue weighted by Gasteiger charge is 2.17. The van der Waals surface area contributed by atoms with Crippen molar-refractivity contribution < 1.29 is 9.13 Å². The summed E-state index contributed by atoms with van der Waals surface area (Å²) in [5.74, 6) is -0.173. The Kier molecular flexibility index (Phi) is 3.21. The number of halogens is 1. The molecule has 82 valence electrons. The summed E-state index contributed by atoms with van der Waals surface area (Å²) in [5, 5.41) is 3.35. The quantitative estimate of drug-likeness (QED) is 0.826. The smallest absolute Gasteiger partial charge is 0.125 e. The molecule has 0 amide bonds. The molecule has 1 unspecified atom stereocenters. The minimum absolute atomic E-state index is 0.173. The minimum Gasteiger partial charge on any atom is -0.385 e. The van der Waals surface area contributed by atoms with Crippen LogP contribution >= 0.6 is 0 Å². The minimum atomic E-state index is -0.173. The summed E-state index contributed by atoms with van der Waals surface area (Å²) in [4.78, 5) is 0. The van der Waals surface area contributed by atoms with E-state index < -0.39 is 0 Å². The van der Waals surface area contributed by atoms with Crippen LogP contribution in [0.1, 0.15) is 18.4 Å². The van der Waals surface area contributed by atoms with Crippen molar-refractivity contribution in [2.24, 2.45) is 0 Å². The number of fused-ring (bicyclic) bond motifs is 1. The number of benzene rings is 1. The molecule has 1 aliphatic heterocycles. The van der Waals surface area contributed by atoms with Gasteiger partial charge in [-0.2, -0.15) is 0 Å². The standard InChI is InChI=1S/C12H16FNO/c1-15-7-6-11-5-3-9-2-4-10(13)8-12(9)14-11/h2,4,8,11,14H,3,5-7H2,1H3. The van der Waals surface area contributed by atoms with Gasteiger partial charge in [-0.05, 0) is 37.0 Å². The predicted molar refractivity (Wildman–Crippen MR) is 58.6 cm³/mol. The maximum absolute atomic E-state index is 13.0. The van der Waals surface area contributed by atoms with Crippen LogP contribution in [0, 0.1) is 5.82 Å². The lowest BCUT2D eigenvalue weighted by atomic mass is 9.96. The second kappa shape index (κ2) is 4.62. The van der Waals surface area contributed by atoms with Gasteiger partial charge in [-0.15, -0.1) is 0 Å². The Morgan fingerprint density at radius 2 is 2.40 bits per heavy atom. The van der Waals surface area contributed by atoms with Gasteiger partial charge >= 0.3 is 0 Å². The molecule has 0 saturated heterocycles. The van der Waals surface area contributed by atoms with Crippen molar-refractivity contribution in [3.8, 4) is 0 Å². The van der Waals surface area contributed by atoms with Crippen LogP contribution in [0.2, 0.25) is 0 Å². The third kappa shape index (κ3) is 2.48. The molecule has 1 aromatic rings. The van der Waals surface area contributed by atoms with E-state index in [9.17, 15) is 4.39 Å². The molecular formula is C12H16FNO. The largest absolute Gasteiger partial charge is 0.385 e. The molecule has 15 heavy (non-hydrogen) atoms. The van der Waals surface area contributed by atoms with Crippen LogP contribution in [0.3, 0.4) is 0 Å². The molecular weight excluding hydrogens is 193 g/mol. The van der Waals surface area contributed by atoms with Crippen LogP contribution in [-0.4, -0.2) is 19.8 Å². The van der Waals surface area contributed by atoms with Crippen molar-refractivity contribution in [2.75, 3.05) is 19.0 Å². The van der Waals surface area contributed by atoms with Crippen molar-refractivity contribution in [3.63, 3.8) is 0 Å². The zero-order valence-electron chi connectivity index (χ0n) is 8.92. The van der Waals surface area contributed by atoms with E-state index in [1.807, 2.05) is 6.07 Å². The average Bonchev–Trinajstić information content (AvgIpc) is 2.25. The summed E-state index contributed by atoms with van der Waals surface area (Å²) in [7, 11) is 1.70. The molecule has 0 bridgehead atoms. The summed E-state index contributed by atoms with van der Waals surface area (Å²) in [6.45, 7) is 0.752. The second-order valence-corrected chi connectivity index (χ2v) is 3.96. The highest BCUT2D eigenvalue weighted by Crippen LogP contribution is 2.26. The molecule has 1 aromatic carbocycles. The van der Waals surface area contributed by atoms with E-state index in [4.69, 9.17) is 4.74 Å². The van der Waals surface area contributed by atoms with E-state index in [2.05, 4.69) is 5.32 Å². The van der Waals surface area contributed by atoms with E-state index in [0.717, 1.165) is 31.6 Å². The summed E-state index contributed by atoms with van der Waals surface area (Å²) < 4.78 is 18.1. The van der Waals surface area contributed by atoms with Crippen LogP contribution in [0.25, 0.3) is 0 Å². The molecule has 0 spiro atoms. The van der Waals surface area contributed by atoms with Gasteiger partial charge in [-0.1, -0.05) is 6.07 Å². The van der Waals surface area contributed by atoms with Crippen molar-refractivity contribution in [1.29, 1.82) is 0 Å². The van der Waals surface area contributed by atoms with Gasteiger partial charge in [0.05, 0.1) is 0 Å². The molecule has 3 heteroatoms.